The van der Waals surface area contributed by atoms with E-state index in [1.807, 2.05) is 30.3 Å². The maximum atomic E-state index is 13.6. The SMILES string of the molecule is O=[N+]([O-])c1cc(F)cc(-c2nncn2-c2ccccc2)c1. The summed E-state index contributed by atoms with van der Waals surface area (Å²) in [5.74, 6) is -0.356. The molecule has 0 N–H and O–H groups in total. The minimum absolute atomic E-state index is 0.294. The van der Waals surface area contributed by atoms with Crippen LogP contribution in [0.2, 0.25) is 0 Å². The molecule has 0 unspecified atom stereocenters. The van der Waals surface area contributed by atoms with Crippen molar-refractivity contribution in [1.29, 1.82) is 0 Å². The van der Waals surface area contributed by atoms with Crippen molar-refractivity contribution in [3.8, 4) is 17.1 Å². The zero-order valence-corrected chi connectivity index (χ0v) is 10.7. The zero-order chi connectivity index (χ0) is 14.8. The van der Waals surface area contributed by atoms with Crippen LogP contribution in [0.25, 0.3) is 17.1 Å². The van der Waals surface area contributed by atoms with Gasteiger partial charge in [0, 0.05) is 17.3 Å². The molecule has 0 aliphatic carbocycles. The maximum Gasteiger partial charge on any atom is 0.273 e. The van der Waals surface area contributed by atoms with Gasteiger partial charge in [-0.05, 0) is 18.2 Å². The molecule has 0 atom stereocenters. The van der Waals surface area contributed by atoms with Gasteiger partial charge in [0.25, 0.3) is 5.69 Å². The average Bonchev–Trinajstić information content (AvgIpc) is 2.97. The molecule has 0 amide bonds. The van der Waals surface area contributed by atoms with Crippen LogP contribution >= 0.6 is 0 Å². The van der Waals surface area contributed by atoms with Gasteiger partial charge < -0.3 is 0 Å². The third-order valence-electron chi connectivity index (χ3n) is 2.93. The predicted molar refractivity (Wildman–Crippen MR) is 73.4 cm³/mol. The fourth-order valence-corrected chi connectivity index (χ4v) is 2.02. The minimum Gasteiger partial charge on any atom is -0.282 e. The summed E-state index contributed by atoms with van der Waals surface area (Å²) in [7, 11) is 0. The van der Waals surface area contributed by atoms with Crippen LogP contribution < -0.4 is 0 Å². The molecule has 2 aromatic carbocycles. The van der Waals surface area contributed by atoms with Gasteiger partial charge in [0.2, 0.25) is 0 Å². The third-order valence-corrected chi connectivity index (χ3v) is 2.93. The van der Waals surface area contributed by atoms with Crippen LogP contribution in [-0.4, -0.2) is 19.7 Å². The molecule has 0 radical (unpaired) electrons. The van der Waals surface area contributed by atoms with Gasteiger partial charge in [-0.1, -0.05) is 18.2 Å². The summed E-state index contributed by atoms with van der Waals surface area (Å²) in [5, 5.41) is 18.6. The fraction of sp³-hybridized carbons (Fsp3) is 0. The number of hydrogen-bond acceptors (Lipinski definition) is 4. The highest BCUT2D eigenvalue weighted by atomic mass is 19.1. The topological polar surface area (TPSA) is 73.8 Å². The molecule has 7 heteroatoms. The fourth-order valence-electron chi connectivity index (χ4n) is 2.02. The summed E-state index contributed by atoms with van der Waals surface area (Å²) in [6, 6.07) is 12.5. The van der Waals surface area contributed by atoms with Crippen molar-refractivity contribution in [2.75, 3.05) is 0 Å². The molecule has 3 aromatic rings. The summed E-state index contributed by atoms with van der Waals surface area (Å²) >= 11 is 0. The standard InChI is InChI=1S/C14H9FN4O2/c15-11-6-10(7-13(8-11)19(20)21)14-17-16-9-18(14)12-4-2-1-3-5-12/h1-9H. The highest BCUT2D eigenvalue weighted by Crippen LogP contribution is 2.25. The Balaban J connectivity index is 2.15. The van der Waals surface area contributed by atoms with Gasteiger partial charge in [-0.2, -0.15) is 0 Å². The van der Waals surface area contributed by atoms with E-state index in [4.69, 9.17) is 0 Å². The Morgan fingerprint density at radius 3 is 2.62 bits per heavy atom. The molecule has 3 rings (SSSR count). The lowest BCUT2D eigenvalue weighted by molar-refractivity contribution is -0.385. The maximum absolute atomic E-state index is 13.6. The second kappa shape index (κ2) is 5.12. The number of halogens is 1. The molecular formula is C14H9FN4O2. The van der Waals surface area contributed by atoms with Gasteiger partial charge in [-0.25, -0.2) is 4.39 Å². The van der Waals surface area contributed by atoms with Crippen LogP contribution in [0, 0.1) is 15.9 Å². The first kappa shape index (κ1) is 12.9. The number of nitro benzene ring substituents is 1. The Labute approximate surface area is 118 Å². The van der Waals surface area contributed by atoms with Crippen molar-refractivity contribution < 1.29 is 9.31 Å². The first-order chi connectivity index (χ1) is 10.1. The van der Waals surface area contributed by atoms with Crippen LogP contribution in [0.3, 0.4) is 0 Å². The van der Waals surface area contributed by atoms with Crippen LogP contribution in [0.4, 0.5) is 10.1 Å². The van der Waals surface area contributed by atoms with E-state index in [9.17, 15) is 14.5 Å². The lowest BCUT2D eigenvalue weighted by atomic mass is 10.1. The number of non-ortho nitro benzene ring substituents is 1. The van der Waals surface area contributed by atoms with Gasteiger partial charge >= 0.3 is 0 Å². The summed E-state index contributed by atoms with van der Waals surface area (Å²) in [6.45, 7) is 0. The Morgan fingerprint density at radius 1 is 1.14 bits per heavy atom. The number of nitro groups is 1. The molecule has 1 heterocycles. The van der Waals surface area contributed by atoms with Gasteiger partial charge in [0.15, 0.2) is 5.82 Å². The van der Waals surface area contributed by atoms with Crippen molar-refractivity contribution in [3.63, 3.8) is 0 Å². The molecule has 104 valence electrons. The summed E-state index contributed by atoms with van der Waals surface area (Å²) < 4.78 is 15.2. The molecule has 0 fully saturated rings. The summed E-state index contributed by atoms with van der Waals surface area (Å²) in [4.78, 5) is 10.2. The smallest absolute Gasteiger partial charge is 0.273 e. The molecule has 0 spiro atoms. The largest absolute Gasteiger partial charge is 0.282 e. The Kier molecular flexibility index (Phi) is 3.15. The number of nitrogens with zero attached hydrogens (tertiary/aromatic N) is 4. The average molecular weight is 284 g/mol. The van der Waals surface area contributed by atoms with Crippen molar-refractivity contribution in [2.24, 2.45) is 0 Å². The Hall–Kier alpha value is -3.09. The highest BCUT2D eigenvalue weighted by Gasteiger charge is 2.15. The second-order valence-electron chi connectivity index (χ2n) is 4.32. The number of rotatable bonds is 3. The van der Waals surface area contributed by atoms with E-state index in [0.717, 1.165) is 11.8 Å². The lowest BCUT2D eigenvalue weighted by Crippen LogP contribution is -1.97. The molecule has 0 bridgehead atoms. The van der Waals surface area contributed by atoms with E-state index in [0.29, 0.717) is 11.4 Å². The van der Waals surface area contributed by atoms with E-state index in [-0.39, 0.29) is 5.69 Å². The Morgan fingerprint density at radius 2 is 1.90 bits per heavy atom. The number of para-hydroxylation sites is 1. The first-order valence-electron chi connectivity index (χ1n) is 6.06. The highest BCUT2D eigenvalue weighted by molar-refractivity contribution is 5.61. The molecule has 0 saturated heterocycles. The summed E-state index contributed by atoms with van der Waals surface area (Å²) in [6.07, 6.45) is 1.47. The molecule has 21 heavy (non-hydrogen) atoms. The van der Waals surface area contributed by atoms with E-state index < -0.39 is 10.7 Å². The van der Waals surface area contributed by atoms with E-state index in [1.165, 1.54) is 18.5 Å². The van der Waals surface area contributed by atoms with Gasteiger partial charge in [0.05, 0.1) is 11.0 Å². The van der Waals surface area contributed by atoms with Gasteiger partial charge in [-0.3, -0.25) is 14.7 Å². The number of hydrogen-bond donors (Lipinski definition) is 0. The van der Waals surface area contributed by atoms with Crippen molar-refractivity contribution in [1.82, 2.24) is 14.8 Å². The van der Waals surface area contributed by atoms with Gasteiger partial charge in [0.1, 0.15) is 12.1 Å². The monoisotopic (exact) mass is 284 g/mol. The van der Waals surface area contributed by atoms with E-state index in [2.05, 4.69) is 10.2 Å². The Bertz CT molecular complexity index is 802. The number of benzene rings is 2. The molecule has 0 aliphatic rings. The molecular weight excluding hydrogens is 275 g/mol. The normalized spacial score (nSPS) is 10.5. The van der Waals surface area contributed by atoms with Crippen molar-refractivity contribution in [3.05, 3.63) is 70.8 Å². The van der Waals surface area contributed by atoms with E-state index in [1.54, 1.807) is 4.57 Å². The molecule has 0 aliphatic heterocycles. The number of aromatic nitrogens is 3. The van der Waals surface area contributed by atoms with E-state index >= 15 is 0 Å². The molecule has 0 saturated carbocycles. The van der Waals surface area contributed by atoms with Crippen LogP contribution in [-0.2, 0) is 0 Å². The second-order valence-corrected chi connectivity index (χ2v) is 4.32. The van der Waals surface area contributed by atoms with Crippen LogP contribution in [0.1, 0.15) is 0 Å². The zero-order valence-electron chi connectivity index (χ0n) is 10.7. The quantitative estimate of drug-likeness (QED) is 0.547. The van der Waals surface area contributed by atoms with Gasteiger partial charge in [-0.15, -0.1) is 10.2 Å². The van der Waals surface area contributed by atoms with Crippen molar-refractivity contribution >= 4 is 5.69 Å². The van der Waals surface area contributed by atoms with Crippen LogP contribution in [0.15, 0.2) is 54.9 Å². The lowest BCUT2D eigenvalue weighted by Gasteiger charge is -2.06. The van der Waals surface area contributed by atoms with Crippen molar-refractivity contribution in [2.45, 2.75) is 0 Å². The summed E-state index contributed by atoms with van der Waals surface area (Å²) in [5.41, 5.74) is 0.750. The first-order valence-corrected chi connectivity index (χ1v) is 6.06. The minimum atomic E-state index is -0.693. The predicted octanol–water partition coefficient (Wildman–Crippen LogP) is 2.98. The molecule has 1 aromatic heterocycles. The van der Waals surface area contributed by atoms with Crippen LogP contribution in [0.5, 0.6) is 0 Å². The third kappa shape index (κ3) is 2.48. The molecule has 6 nitrogen and oxygen atoms in total.